The number of hydrogen-bond acceptors (Lipinski definition) is 13. The quantitative estimate of drug-likeness (QED) is 0.217. The first-order valence-corrected chi connectivity index (χ1v) is 11.8. The maximum Gasteiger partial charge on any atom is 0.510 e. The fraction of sp³-hybridized carbons (Fsp3) is 0.889. The van der Waals surface area contributed by atoms with E-state index < -0.39 is 76.2 Å². The molecule has 1 fully saturated rings. The molecule has 14 heteroatoms. The SMILES string of the molecule is CC(C)OC(=O)OCOP(=O)(CCC1OC(C)C(O)C(O)C1O)OCOC(=O)OC(C)C. The van der Waals surface area contributed by atoms with Gasteiger partial charge in [-0.05, 0) is 41.0 Å². The Labute approximate surface area is 186 Å². The molecular formula is C18H33O13P. The summed E-state index contributed by atoms with van der Waals surface area (Å²) in [5.74, 6) is 0. The van der Waals surface area contributed by atoms with E-state index in [0.717, 1.165) is 0 Å². The van der Waals surface area contributed by atoms with E-state index in [1.807, 2.05) is 0 Å². The van der Waals surface area contributed by atoms with Crippen molar-refractivity contribution in [1.29, 1.82) is 0 Å². The lowest BCUT2D eigenvalue weighted by molar-refractivity contribution is -0.217. The van der Waals surface area contributed by atoms with Crippen LogP contribution >= 0.6 is 7.60 Å². The molecule has 188 valence electrons. The molecule has 0 aromatic rings. The number of aliphatic hydroxyl groups excluding tert-OH is 3. The molecule has 1 aliphatic heterocycles. The second-order valence-electron chi connectivity index (χ2n) is 7.59. The molecule has 5 atom stereocenters. The average molecular weight is 488 g/mol. The first-order valence-electron chi connectivity index (χ1n) is 10.1. The molecule has 1 heterocycles. The summed E-state index contributed by atoms with van der Waals surface area (Å²) in [4.78, 5) is 22.9. The van der Waals surface area contributed by atoms with Gasteiger partial charge in [-0.1, -0.05) is 0 Å². The van der Waals surface area contributed by atoms with Crippen molar-refractivity contribution in [2.75, 3.05) is 19.7 Å². The lowest BCUT2D eigenvalue weighted by Crippen LogP contribution is -2.56. The minimum Gasteiger partial charge on any atom is -0.432 e. The highest BCUT2D eigenvalue weighted by Crippen LogP contribution is 2.49. The van der Waals surface area contributed by atoms with Crippen molar-refractivity contribution in [3.63, 3.8) is 0 Å². The van der Waals surface area contributed by atoms with E-state index in [1.54, 1.807) is 27.7 Å². The van der Waals surface area contributed by atoms with Gasteiger partial charge in [0.2, 0.25) is 13.6 Å². The number of aliphatic hydroxyl groups is 3. The van der Waals surface area contributed by atoms with Gasteiger partial charge in [-0.15, -0.1) is 0 Å². The first-order chi connectivity index (χ1) is 14.8. The average Bonchev–Trinajstić information content (AvgIpc) is 2.67. The number of carbonyl (C=O) groups excluding carboxylic acids is 2. The van der Waals surface area contributed by atoms with Crippen LogP contribution in [-0.4, -0.2) is 90.1 Å². The Kier molecular flexibility index (Phi) is 11.9. The molecule has 0 aromatic heterocycles. The normalized spacial score (nSPS) is 26.1. The highest BCUT2D eigenvalue weighted by Gasteiger charge is 2.42. The Morgan fingerprint density at radius 3 is 1.78 bits per heavy atom. The van der Waals surface area contributed by atoms with E-state index >= 15 is 0 Å². The Hall–Kier alpha value is -1.47. The summed E-state index contributed by atoms with van der Waals surface area (Å²) in [5.41, 5.74) is 0. The minimum atomic E-state index is -4.05. The first kappa shape index (κ1) is 28.6. The van der Waals surface area contributed by atoms with Crippen molar-refractivity contribution in [3.05, 3.63) is 0 Å². The highest BCUT2D eigenvalue weighted by molar-refractivity contribution is 7.53. The molecule has 32 heavy (non-hydrogen) atoms. The third-order valence-electron chi connectivity index (χ3n) is 4.15. The largest absolute Gasteiger partial charge is 0.510 e. The second-order valence-corrected chi connectivity index (χ2v) is 9.78. The summed E-state index contributed by atoms with van der Waals surface area (Å²) in [6, 6.07) is 0. The van der Waals surface area contributed by atoms with E-state index in [4.69, 9.17) is 23.3 Å². The zero-order valence-corrected chi connectivity index (χ0v) is 19.6. The molecule has 3 N–H and O–H groups in total. The summed E-state index contributed by atoms with van der Waals surface area (Å²) in [7, 11) is -4.05. The van der Waals surface area contributed by atoms with Crippen LogP contribution in [0.2, 0.25) is 0 Å². The van der Waals surface area contributed by atoms with Crippen LogP contribution in [0.1, 0.15) is 41.0 Å². The fourth-order valence-corrected chi connectivity index (χ4v) is 3.92. The van der Waals surface area contributed by atoms with Crippen LogP contribution < -0.4 is 0 Å². The van der Waals surface area contributed by atoms with Crippen molar-refractivity contribution in [2.24, 2.45) is 0 Å². The molecule has 1 saturated heterocycles. The van der Waals surface area contributed by atoms with Gasteiger partial charge in [-0.25, -0.2) is 9.59 Å². The summed E-state index contributed by atoms with van der Waals surface area (Å²) < 4.78 is 47.5. The lowest BCUT2D eigenvalue weighted by Gasteiger charge is -2.39. The van der Waals surface area contributed by atoms with Gasteiger partial charge in [0.25, 0.3) is 0 Å². The molecule has 1 aliphatic rings. The molecule has 0 aromatic carbocycles. The molecule has 0 saturated carbocycles. The third-order valence-corrected chi connectivity index (χ3v) is 5.96. The predicted octanol–water partition coefficient (Wildman–Crippen LogP) is 1.51. The van der Waals surface area contributed by atoms with E-state index in [1.165, 1.54) is 6.92 Å². The van der Waals surface area contributed by atoms with Crippen molar-refractivity contribution >= 4 is 19.9 Å². The maximum atomic E-state index is 13.0. The number of ether oxygens (including phenoxy) is 5. The fourth-order valence-electron chi connectivity index (χ4n) is 2.59. The van der Waals surface area contributed by atoms with Crippen LogP contribution in [0.4, 0.5) is 9.59 Å². The van der Waals surface area contributed by atoms with Gasteiger partial charge in [-0.2, -0.15) is 0 Å². The monoisotopic (exact) mass is 488 g/mol. The number of rotatable bonds is 11. The zero-order valence-electron chi connectivity index (χ0n) is 18.7. The molecule has 1 rings (SSSR count). The summed E-state index contributed by atoms with van der Waals surface area (Å²) in [6.07, 6.45) is -9.49. The van der Waals surface area contributed by atoms with Gasteiger partial charge in [0.1, 0.15) is 18.3 Å². The molecule has 0 aliphatic carbocycles. The van der Waals surface area contributed by atoms with Crippen LogP contribution in [0.5, 0.6) is 0 Å². The topological polar surface area (TPSA) is 177 Å². The molecule has 5 unspecified atom stereocenters. The second kappa shape index (κ2) is 13.3. The van der Waals surface area contributed by atoms with Crippen LogP contribution in [0.3, 0.4) is 0 Å². The van der Waals surface area contributed by atoms with Crippen LogP contribution in [0, 0.1) is 0 Å². The molecule has 0 spiro atoms. The van der Waals surface area contributed by atoms with Gasteiger partial charge in [0.05, 0.1) is 30.6 Å². The van der Waals surface area contributed by atoms with Gasteiger partial charge in [0, 0.05) is 0 Å². The number of hydrogen-bond donors (Lipinski definition) is 3. The molecule has 0 radical (unpaired) electrons. The molecule has 13 nitrogen and oxygen atoms in total. The molecular weight excluding hydrogens is 455 g/mol. The molecule has 0 amide bonds. The Morgan fingerprint density at radius 1 is 0.875 bits per heavy atom. The van der Waals surface area contributed by atoms with E-state index in [0.29, 0.717) is 0 Å². The Morgan fingerprint density at radius 2 is 1.34 bits per heavy atom. The van der Waals surface area contributed by atoms with Crippen LogP contribution in [0.15, 0.2) is 0 Å². The smallest absolute Gasteiger partial charge is 0.432 e. The summed E-state index contributed by atoms with van der Waals surface area (Å²) >= 11 is 0. The lowest BCUT2D eigenvalue weighted by atomic mass is 9.94. The van der Waals surface area contributed by atoms with E-state index in [9.17, 15) is 29.5 Å². The van der Waals surface area contributed by atoms with Crippen molar-refractivity contribution in [2.45, 2.75) is 83.8 Å². The minimum absolute atomic E-state index is 0.126. The zero-order chi connectivity index (χ0) is 24.5. The predicted molar refractivity (Wildman–Crippen MR) is 107 cm³/mol. The van der Waals surface area contributed by atoms with Gasteiger partial charge in [-0.3, -0.25) is 13.6 Å². The third kappa shape index (κ3) is 9.99. The Balaban J connectivity index is 2.70. The number of carbonyl (C=O) groups is 2. The van der Waals surface area contributed by atoms with E-state index in [2.05, 4.69) is 9.47 Å². The van der Waals surface area contributed by atoms with Crippen molar-refractivity contribution in [3.8, 4) is 0 Å². The van der Waals surface area contributed by atoms with E-state index in [-0.39, 0.29) is 12.6 Å². The van der Waals surface area contributed by atoms with Gasteiger partial charge >= 0.3 is 19.9 Å². The standard InChI is InChI=1S/C18H33O13P/c1-10(2)29-17(22)25-8-27-32(24,28-9-26-18(23)30-11(3)4)7-6-13-15(20)16(21)14(19)12(5)31-13/h10-16,19-21H,6-9H2,1-5H3. The maximum absolute atomic E-state index is 13.0. The highest BCUT2D eigenvalue weighted by atomic mass is 31.2. The van der Waals surface area contributed by atoms with Crippen molar-refractivity contribution < 1.29 is 62.2 Å². The molecule has 0 bridgehead atoms. The van der Waals surface area contributed by atoms with Crippen LogP contribution in [-0.2, 0) is 37.3 Å². The van der Waals surface area contributed by atoms with Gasteiger partial charge in [0.15, 0.2) is 0 Å². The van der Waals surface area contributed by atoms with Crippen molar-refractivity contribution in [1.82, 2.24) is 0 Å². The summed E-state index contributed by atoms with van der Waals surface area (Å²) in [6.45, 7) is 6.34. The Bertz CT molecular complexity index is 608. The summed E-state index contributed by atoms with van der Waals surface area (Å²) in [5, 5.41) is 29.8. The van der Waals surface area contributed by atoms with Crippen LogP contribution in [0.25, 0.3) is 0 Å². The van der Waals surface area contributed by atoms with Gasteiger partial charge < -0.3 is 39.0 Å².